The van der Waals surface area contributed by atoms with Gasteiger partial charge in [0.15, 0.2) is 0 Å². The molecule has 0 radical (unpaired) electrons. The van der Waals surface area contributed by atoms with E-state index in [9.17, 15) is 4.79 Å². The molecule has 1 aliphatic heterocycles. The maximum atomic E-state index is 11.1. The van der Waals surface area contributed by atoms with Gasteiger partial charge in [-0.1, -0.05) is 0 Å². The third-order valence-corrected chi connectivity index (χ3v) is 2.54. The zero-order valence-electron chi connectivity index (χ0n) is 6.58. The summed E-state index contributed by atoms with van der Waals surface area (Å²) in [6, 6.07) is 0. The van der Waals surface area contributed by atoms with E-state index in [-0.39, 0.29) is 11.9 Å². The maximum absolute atomic E-state index is 11.1. The fraction of sp³-hybridized carbons (Fsp3) is 0.875. The number of ether oxygens (including phenoxy) is 2. The number of hydrogen-bond donors (Lipinski definition) is 0. The summed E-state index contributed by atoms with van der Waals surface area (Å²) in [5.74, 6) is 0.0303. The minimum Gasteiger partial charge on any atom is -0.469 e. The highest BCUT2D eigenvalue weighted by atomic mass is 16.6. The fourth-order valence-corrected chi connectivity index (χ4v) is 1.78. The monoisotopic (exact) mass is 156 g/mol. The second kappa shape index (κ2) is 2.48. The lowest BCUT2D eigenvalue weighted by Crippen LogP contribution is -2.22. The number of hydrogen-bond acceptors (Lipinski definition) is 3. The predicted octanol–water partition coefficient (Wildman–Crippen LogP) is 0.727. The Balaban J connectivity index is 1.89. The first-order chi connectivity index (χ1) is 5.31. The van der Waals surface area contributed by atoms with Gasteiger partial charge in [-0.3, -0.25) is 4.79 Å². The van der Waals surface area contributed by atoms with Gasteiger partial charge in [0, 0.05) is 0 Å². The third kappa shape index (κ3) is 1.25. The SMILES string of the molecule is COC(=O)[C@H]1CC[C@H]2O[C@H]2C1. The molecule has 3 atom stereocenters. The number of fused-ring (bicyclic) bond motifs is 1. The molecule has 0 unspecified atom stereocenters. The minimum atomic E-state index is -0.0704. The summed E-state index contributed by atoms with van der Waals surface area (Å²) in [5, 5.41) is 0. The lowest BCUT2D eigenvalue weighted by Gasteiger charge is -2.15. The van der Waals surface area contributed by atoms with E-state index >= 15 is 0 Å². The zero-order chi connectivity index (χ0) is 7.84. The molecule has 1 saturated heterocycles. The molecule has 0 spiro atoms. The first-order valence-electron chi connectivity index (χ1n) is 4.04. The van der Waals surface area contributed by atoms with Crippen molar-refractivity contribution in [2.24, 2.45) is 5.92 Å². The van der Waals surface area contributed by atoms with Crippen LogP contribution in [0.3, 0.4) is 0 Å². The summed E-state index contributed by atoms with van der Waals surface area (Å²) in [5.41, 5.74) is 0. The molecule has 62 valence electrons. The van der Waals surface area contributed by atoms with Crippen molar-refractivity contribution in [1.29, 1.82) is 0 Å². The smallest absolute Gasteiger partial charge is 0.308 e. The van der Waals surface area contributed by atoms with Gasteiger partial charge in [0.05, 0.1) is 25.2 Å². The molecule has 0 N–H and O–H groups in total. The van der Waals surface area contributed by atoms with E-state index in [1.54, 1.807) is 0 Å². The Bertz CT molecular complexity index is 178. The van der Waals surface area contributed by atoms with Crippen LogP contribution in [0.2, 0.25) is 0 Å². The minimum absolute atomic E-state index is 0.0704. The van der Waals surface area contributed by atoms with Gasteiger partial charge in [-0.25, -0.2) is 0 Å². The summed E-state index contributed by atoms with van der Waals surface area (Å²) in [6.45, 7) is 0. The second-order valence-corrected chi connectivity index (χ2v) is 3.25. The van der Waals surface area contributed by atoms with E-state index in [1.807, 2.05) is 0 Å². The number of epoxide rings is 1. The van der Waals surface area contributed by atoms with Gasteiger partial charge in [-0.05, 0) is 19.3 Å². The van der Waals surface area contributed by atoms with Gasteiger partial charge in [0.2, 0.25) is 0 Å². The Morgan fingerprint density at radius 3 is 2.91 bits per heavy atom. The van der Waals surface area contributed by atoms with Crippen LogP contribution >= 0.6 is 0 Å². The molecule has 3 nitrogen and oxygen atoms in total. The number of carbonyl (C=O) groups excluding carboxylic acids is 1. The Kier molecular flexibility index (Phi) is 1.60. The van der Waals surface area contributed by atoms with Crippen LogP contribution in [0.25, 0.3) is 0 Å². The van der Waals surface area contributed by atoms with E-state index in [0.717, 1.165) is 19.3 Å². The van der Waals surface area contributed by atoms with E-state index in [4.69, 9.17) is 4.74 Å². The summed E-state index contributed by atoms with van der Waals surface area (Å²) < 4.78 is 9.96. The Morgan fingerprint density at radius 2 is 2.27 bits per heavy atom. The van der Waals surface area contributed by atoms with Crippen LogP contribution in [0.5, 0.6) is 0 Å². The van der Waals surface area contributed by atoms with Crippen molar-refractivity contribution in [3.63, 3.8) is 0 Å². The first kappa shape index (κ1) is 7.10. The summed E-state index contributed by atoms with van der Waals surface area (Å²) in [6.07, 6.45) is 3.68. The first-order valence-corrected chi connectivity index (χ1v) is 4.04. The normalized spacial score (nSPS) is 41.0. The summed E-state index contributed by atoms with van der Waals surface area (Å²) in [4.78, 5) is 11.1. The van der Waals surface area contributed by atoms with Crippen LogP contribution in [0.15, 0.2) is 0 Å². The molecule has 2 aliphatic rings. The molecule has 0 bridgehead atoms. The van der Waals surface area contributed by atoms with Crippen LogP contribution in [-0.4, -0.2) is 25.3 Å². The highest BCUT2D eigenvalue weighted by Gasteiger charge is 2.45. The Hall–Kier alpha value is -0.570. The van der Waals surface area contributed by atoms with Crippen molar-refractivity contribution in [3.05, 3.63) is 0 Å². The van der Waals surface area contributed by atoms with Gasteiger partial charge < -0.3 is 9.47 Å². The lowest BCUT2D eigenvalue weighted by atomic mass is 9.89. The molecule has 1 aliphatic carbocycles. The topological polar surface area (TPSA) is 38.8 Å². The van der Waals surface area contributed by atoms with Crippen molar-refractivity contribution in [1.82, 2.24) is 0 Å². The van der Waals surface area contributed by atoms with Crippen molar-refractivity contribution in [2.45, 2.75) is 31.5 Å². The Morgan fingerprint density at radius 1 is 1.45 bits per heavy atom. The molecular formula is C8H12O3. The molecule has 1 heterocycles. The summed E-state index contributed by atoms with van der Waals surface area (Å²) >= 11 is 0. The quantitative estimate of drug-likeness (QED) is 0.415. The van der Waals surface area contributed by atoms with E-state index in [2.05, 4.69) is 4.74 Å². The molecule has 3 heteroatoms. The van der Waals surface area contributed by atoms with Crippen LogP contribution in [-0.2, 0) is 14.3 Å². The van der Waals surface area contributed by atoms with Gasteiger partial charge in [0.1, 0.15) is 0 Å². The number of methoxy groups -OCH3 is 1. The van der Waals surface area contributed by atoms with Crippen LogP contribution < -0.4 is 0 Å². The predicted molar refractivity (Wildman–Crippen MR) is 38.0 cm³/mol. The Labute approximate surface area is 65.7 Å². The van der Waals surface area contributed by atoms with Gasteiger partial charge in [-0.2, -0.15) is 0 Å². The van der Waals surface area contributed by atoms with Gasteiger partial charge in [0.25, 0.3) is 0 Å². The van der Waals surface area contributed by atoms with Crippen molar-refractivity contribution < 1.29 is 14.3 Å². The van der Waals surface area contributed by atoms with Crippen LogP contribution in [0, 0.1) is 5.92 Å². The number of carbonyl (C=O) groups is 1. The molecule has 0 aromatic carbocycles. The fourth-order valence-electron chi connectivity index (χ4n) is 1.78. The highest BCUT2D eigenvalue weighted by molar-refractivity contribution is 5.72. The average molecular weight is 156 g/mol. The summed E-state index contributed by atoms with van der Waals surface area (Å²) in [7, 11) is 1.45. The lowest BCUT2D eigenvalue weighted by molar-refractivity contribution is -0.146. The molecule has 0 aromatic rings. The van der Waals surface area contributed by atoms with Crippen molar-refractivity contribution in [2.75, 3.05) is 7.11 Å². The third-order valence-electron chi connectivity index (χ3n) is 2.54. The number of esters is 1. The molecule has 0 aromatic heterocycles. The van der Waals surface area contributed by atoms with Crippen LogP contribution in [0.4, 0.5) is 0 Å². The zero-order valence-corrected chi connectivity index (χ0v) is 6.58. The van der Waals surface area contributed by atoms with E-state index < -0.39 is 0 Å². The molecule has 11 heavy (non-hydrogen) atoms. The number of rotatable bonds is 1. The van der Waals surface area contributed by atoms with Crippen molar-refractivity contribution in [3.8, 4) is 0 Å². The molecule has 2 fully saturated rings. The molecule has 1 saturated carbocycles. The maximum Gasteiger partial charge on any atom is 0.308 e. The van der Waals surface area contributed by atoms with E-state index in [0.29, 0.717) is 12.2 Å². The van der Waals surface area contributed by atoms with Gasteiger partial charge >= 0.3 is 5.97 Å². The van der Waals surface area contributed by atoms with Crippen LogP contribution in [0.1, 0.15) is 19.3 Å². The average Bonchev–Trinajstić information content (AvgIpc) is 2.80. The van der Waals surface area contributed by atoms with E-state index in [1.165, 1.54) is 7.11 Å². The molecule has 0 amide bonds. The molecular weight excluding hydrogens is 144 g/mol. The van der Waals surface area contributed by atoms with Gasteiger partial charge in [-0.15, -0.1) is 0 Å². The highest BCUT2D eigenvalue weighted by Crippen LogP contribution is 2.39. The largest absolute Gasteiger partial charge is 0.469 e. The second-order valence-electron chi connectivity index (χ2n) is 3.25. The van der Waals surface area contributed by atoms with Crippen molar-refractivity contribution >= 4 is 5.97 Å². The standard InChI is InChI=1S/C8H12O3/c1-10-8(9)5-2-3-6-7(4-5)11-6/h5-7H,2-4H2,1H3/t5-,6+,7-/m0/s1. The molecule has 2 rings (SSSR count).